The topological polar surface area (TPSA) is 108 Å². The van der Waals surface area contributed by atoms with Crippen molar-refractivity contribution in [1.82, 2.24) is 14.2 Å². The van der Waals surface area contributed by atoms with Gasteiger partial charge in [0.1, 0.15) is 11.6 Å². The second-order valence-electron chi connectivity index (χ2n) is 3.43. The third kappa shape index (κ3) is 1.68. The summed E-state index contributed by atoms with van der Waals surface area (Å²) in [6, 6.07) is 0.720. The Kier molecular flexibility index (Phi) is 2.45. The minimum absolute atomic E-state index is 0.0653. The molecule has 4 N–H and O–H groups in total. The van der Waals surface area contributed by atoms with Gasteiger partial charge in [0.2, 0.25) is 5.91 Å². The number of nitrogens with zero attached hydrogens (tertiary/aromatic N) is 3. The number of fused-ring (bicyclic) bond motifs is 1. The first-order valence-corrected chi connectivity index (χ1v) is 4.67. The predicted octanol–water partition coefficient (Wildman–Crippen LogP) is -1.69. The second kappa shape index (κ2) is 3.78. The smallest absolute Gasteiger partial charge is 0.276 e. The lowest BCUT2D eigenvalue weighted by atomic mass is 10.3. The number of aromatic nitrogens is 3. The molecule has 16 heavy (non-hydrogen) atoms. The molecule has 84 valence electrons. The molecule has 2 heterocycles. The molecule has 0 bridgehead atoms. The van der Waals surface area contributed by atoms with Crippen LogP contribution in [-0.4, -0.2) is 26.1 Å². The summed E-state index contributed by atoms with van der Waals surface area (Å²) >= 11 is 0. The minimum atomic E-state index is -0.872. The summed E-state index contributed by atoms with van der Waals surface area (Å²) in [7, 11) is 0. The molecule has 0 aliphatic carbocycles. The molecular formula is C9H11N5O2. The summed E-state index contributed by atoms with van der Waals surface area (Å²) in [5, 5.41) is 3.92. The van der Waals surface area contributed by atoms with E-state index in [1.54, 1.807) is 12.3 Å². The number of primary amides is 1. The van der Waals surface area contributed by atoms with Crippen molar-refractivity contribution < 1.29 is 4.79 Å². The fourth-order valence-electron chi connectivity index (χ4n) is 1.41. The largest absolute Gasteiger partial charge is 0.368 e. The summed E-state index contributed by atoms with van der Waals surface area (Å²) in [6.45, 7) is 0.0653. The van der Waals surface area contributed by atoms with Gasteiger partial charge in [0.25, 0.3) is 5.56 Å². The molecular weight excluding hydrogens is 210 g/mol. The minimum Gasteiger partial charge on any atom is -0.368 e. The van der Waals surface area contributed by atoms with E-state index >= 15 is 0 Å². The number of amides is 1. The maximum Gasteiger partial charge on any atom is 0.276 e. The van der Waals surface area contributed by atoms with Crippen molar-refractivity contribution in [3.63, 3.8) is 0 Å². The Bertz CT molecular complexity index is 585. The van der Waals surface area contributed by atoms with Gasteiger partial charge in [0.05, 0.1) is 6.20 Å². The van der Waals surface area contributed by atoms with Gasteiger partial charge in [-0.2, -0.15) is 5.10 Å². The molecule has 2 aromatic heterocycles. The van der Waals surface area contributed by atoms with Crippen molar-refractivity contribution in [2.75, 3.05) is 0 Å². The van der Waals surface area contributed by atoms with E-state index in [1.807, 2.05) is 0 Å². The third-order valence-electron chi connectivity index (χ3n) is 2.30. The maximum absolute atomic E-state index is 11.8. The standard InChI is InChI=1S/C9H11N5O2/c10-6(8(11)15)5-13-3-4-14-7(9(13)16)1-2-12-14/h1-4,6H,5,10H2,(H2,11,15). The van der Waals surface area contributed by atoms with Gasteiger partial charge in [-0.1, -0.05) is 0 Å². The molecule has 0 fully saturated rings. The first-order chi connectivity index (χ1) is 7.59. The first-order valence-electron chi connectivity index (χ1n) is 4.67. The predicted molar refractivity (Wildman–Crippen MR) is 56.6 cm³/mol. The number of hydrogen-bond acceptors (Lipinski definition) is 4. The van der Waals surface area contributed by atoms with Crippen LogP contribution in [0.1, 0.15) is 0 Å². The van der Waals surface area contributed by atoms with Crippen LogP contribution in [0.4, 0.5) is 0 Å². The van der Waals surface area contributed by atoms with E-state index < -0.39 is 11.9 Å². The summed E-state index contributed by atoms with van der Waals surface area (Å²) in [4.78, 5) is 22.6. The zero-order chi connectivity index (χ0) is 11.7. The van der Waals surface area contributed by atoms with Gasteiger partial charge in [-0.05, 0) is 6.07 Å². The molecule has 7 heteroatoms. The maximum atomic E-state index is 11.8. The van der Waals surface area contributed by atoms with Crippen LogP contribution in [-0.2, 0) is 11.3 Å². The molecule has 0 saturated carbocycles. The van der Waals surface area contributed by atoms with Crippen LogP contribution >= 0.6 is 0 Å². The summed E-state index contributed by atoms with van der Waals surface area (Å²) in [5.74, 6) is -0.639. The van der Waals surface area contributed by atoms with E-state index in [1.165, 1.54) is 21.5 Å². The van der Waals surface area contributed by atoms with E-state index in [2.05, 4.69) is 5.10 Å². The van der Waals surface area contributed by atoms with Gasteiger partial charge in [-0.3, -0.25) is 9.59 Å². The molecule has 2 rings (SSSR count). The lowest BCUT2D eigenvalue weighted by Gasteiger charge is -2.09. The van der Waals surface area contributed by atoms with Crippen LogP contribution in [0.3, 0.4) is 0 Å². The van der Waals surface area contributed by atoms with Crippen LogP contribution in [0.25, 0.3) is 5.52 Å². The fourth-order valence-corrected chi connectivity index (χ4v) is 1.41. The molecule has 0 aromatic carbocycles. The first kappa shape index (κ1) is 10.4. The van der Waals surface area contributed by atoms with E-state index in [0.29, 0.717) is 5.52 Å². The van der Waals surface area contributed by atoms with E-state index in [9.17, 15) is 9.59 Å². The Morgan fingerprint density at radius 2 is 2.25 bits per heavy atom. The number of rotatable bonds is 3. The molecule has 0 spiro atoms. The molecule has 0 saturated heterocycles. The van der Waals surface area contributed by atoms with Crippen LogP contribution in [0, 0.1) is 0 Å². The molecule has 1 unspecified atom stereocenters. The van der Waals surface area contributed by atoms with Crippen LogP contribution in [0.5, 0.6) is 0 Å². The molecule has 1 amide bonds. The molecule has 7 nitrogen and oxygen atoms in total. The van der Waals surface area contributed by atoms with Crippen molar-refractivity contribution in [3.05, 3.63) is 35.0 Å². The van der Waals surface area contributed by atoms with Crippen molar-refractivity contribution in [1.29, 1.82) is 0 Å². The van der Waals surface area contributed by atoms with Gasteiger partial charge >= 0.3 is 0 Å². The number of nitrogens with two attached hydrogens (primary N) is 2. The van der Waals surface area contributed by atoms with Crippen molar-refractivity contribution in [2.45, 2.75) is 12.6 Å². The van der Waals surface area contributed by atoms with E-state index in [0.717, 1.165) is 0 Å². The quantitative estimate of drug-likeness (QED) is 0.644. The van der Waals surface area contributed by atoms with Gasteiger partial charge < -0.3 is 16.0 Å². The fraction of sp³-hybridized carbons (Fsp3) is 0.222. The summed E-state index contributed by atoms with van der Waals surface area (Å²) in [5.41, 5.74) is 10.7. The molecule has 0 aliphatic heterocycles. The van der Waals surface area contributed by atoms with Gasteiger partial charge in [-0.15, -0.1) is 0 Å². The number of carbonyl (C=O) groups excluding carboxylic acids is 1. The van der Waals surface area contributed by atoms with Crippen molar-refractivity contribution in [3.8, 4) is 0 Å². The highest BCUT2D eigenvalue weighted by Gasteiger charge is 2.11. The number of carbonyl (C=O) groups is 1. The van der Waals surface area contributed by atoms with Gasteiger partial charge in [0.15, 0.2) is 0 Å². The summed E-state index contributed by atoms with van der Waals surface area (Å²) < 4.78 is 2.79. The summed E-state index contributed by atoms with van der Waals surface area (Å²) in [6.07, 6.45) is 4.66. The normalized spacial score (nSPS) is 12.8. The van der Waals surface area contributed by atoms with Crippen LogP contribution in [0.15, 0.2) is 29.5 Å². The Labute approximate surface area is 90.3 Å². The van der Waals surface area contributed by atoms with Crippen LogP contribution < -0.4 is 17.0 Å². The SMILES string of the molecule is NC(=O)C(N)Cn1ccn2nccc2c1=O. The Morgan fingerprint density at radius 1 is 1.50 bits per heavy atom. The molecule has 2 aromatic rings. The number of hydrogen-bond donors (Lipinski definition) is 2. The van der Waals surface area contributed by atoms with Crippen molar-refractivity contribution >= 4 is 11.4 Å². The monoisotopic (exact) mass is 221 g/mol. The lowest BCUT2D eigenvalue weighted by Crippen LogP contribution is -2.42. The second-order valence-corrected chi connectivity index (χ2v) is 3.43. The van der Waals surface area contributed by atoms with Crippen LogP contribution in [0.2, 0.25) is 0 Å². The highest BCUT2D eigenvalue weighted by Crippen LogP contribution is 1.95. The zero-order valence-corrected chi connectivity index (χ0v) is 8.41. The average Bonchev–Trinajstić information content (AvgIpc) is 2.70. The molecule has 0 radical (unpaired) electrons. The Hall–Kier alpha value is -2.15. The molecule has 0 aliphatic rings. The highest BCUT2D eigenvalue weighted by atomic mass is 16.1. The Morgan fingerprint density at radius 3 is 2.94 bits per heavy atom. The average molecular weight is 221 g/mol. The van der Waals surface area contributed by atoms with E-state index in [4.69, 9.17) is 11.5 Å². The van der Waals surface area contributed by atoms with Gasteiger partial charge in [0, 0.05) is 18.9 Å². The molecule has 1 atom stereocenters. The third-order valence-corrected chi connectivity index (χ3v) is 2.30. The lowest BCUT2D eigenvalue weighted by molar-refractivity contribution is -0.119. The van der Waals surface area contributed by atoms with Gasteiger partial charge in [-0.25, -0.2) is 4.52 Å². The highest BCUT2D eigenvalue weighted by molar-refractivity contribution is 5.79. The Balaban J connectivity index is 2.42. The zero-order valence-electron chi connectivity index (χ0n) is 8.41. The van der Waals surface area contributed by atoms with E-state index in [-0.39, 0.29) is 12.1 Å². The van der Waals surface area contributed by atoms with Crippen molar-refractivity contribution in [2.24, 2.45) is 11.5 Å².